The Bertz CT molecular complexity index is 257. The Morgan fingerprint density at radius 1 is 0.929 bits per heavy atom. The monoisotopic (exact) mass is 325 g/mol. The first-order chi connectivity index (χ1) is 5.86. The van der Waals surface area contributed by atoms with Gasteiger partial charge >= 0.3 is 11.9 Å². The summed E-state index contributed by atoms with van der Waals surface area (Å²) in [6, 6.07) is 0. The van der Waals surface area contributed by atoms with Crippen LogP contribution in [0.15, 0.2) is 0 Å². The van der Waals surface area contributed by atoms with Crippen molar-refractivity contribution in [3.05, 3.63) is 0 Å². The Labute approximate surface area is 109 Å². The van der Waals surface area contributed by atoms with E-state index >= 15 is 0 Å². The Morgan fingerprint density at radius 2 is 1.29 bits per heavy atom. The molecule has 0 fully saturated rings. The molecule has 0 aliphatic rings. The van der Waals surface area contributed by atoms with Crippen molar-refractivity contribution < 1.29 is 59.5 Å². The van der Waals surface area contributed by atoms with Crippen LogP contribution in [0.1, 0.15) is 20.8 Å². The quantitative estimate of drug-likeness (QED) is 0.534. The first-order valence-electron chi connectivity index (χ1n) is 3.59. The molecule has 0 atom stereocenters. The van der Waals surface area contributed by atoms with Crippen molar-refractivity contribution in [1.82, 2.24) is 0 Å². The van der Waals surface area contributed by atoms with Crippen LogP contribution < -0.4 is 0 Å². The molecule has 0 rings (SSSR count). The van der Waals surface area contributed by atoms with Crippen molar-refractivity contribution in [2.45, 2.75) is 20.8 Å². The number of carbonyl (C=O) groups is 4. The van der Waals surface area contributed by atoms with E-state index in [0.717, 1.165) is 20.8 Å². The van der Waals surface area contributed by atoms with Gasteiger partial charge < -0.3 is 4.74 Å². The Morgan fingerprint density at radius 3 is 1.50 bits per heavy atom. The zero-order valence-corrected chi connectivity index (χ0v) is 11.8. The summed E-state index contributed by atoms with van der Waals surface area (Å²) in [5.41, 5.74) is 0. The molecule has 0 saturated heterocycles. The van der Waals surface area contributed by atoms with Crippen LogP contribution >= 0.6 is 0 Å². The average Bonchev–Trinajstić information content (AvgIpc) is 1.81. The third-order valence-electron chi connectivity index (χ3n) is 1.29. The maximum atomic E-state index is 11.0. The van der Waals surface area contributed by atoms with Crippen LogP contribution in [-0.2, 0) is 23.9 Å². The van der Waals surface area contributed by atoms with Crippen LogP contribution in [0.5, 0.6) is 0 Å². The number of ether oxygens (including phenoxy) is 1. The van der Waals surface area contributed by atoms with E-state index in [1.54, 1.807) is 0 Å². The van der Waals surface area contributed by atoms with Gasteiger partial charge in [-0.2, -0.15) is 0 Å². The van der Waals surface area contributed by atoms with Gasteiger partial charge in [0.2, 0.25) is 0 Å². The summed E-state index contributed by atoms with van der Waals surface area (Å²) in [6.07, 6.45) is 0. The van der Waals surface area contributed by atoms with Gasteiger partial charge in [0.25, 0.3) is 0 Å². The zero-order chi connectivity index (χ0) is 10.6. The van der Waals surface area contributed by atoms with Crippen LogP contribution in [0.25, 0.3) is 0 Å². The van der Waals surface area contributed by atoms with Gasteiger partial charge in [-0.05, 0) is 13.8 Å². The van der Waals surface area contributed by atoms with Gasteiger partial charge in [0.15, 0.2) is 17.5 Å². The average molecular weight is 325 g/mol. The summed E-state index contributed by atoms with van der Waals surface area (Å²) >= 11 is 0. The van der Waals surface area contributed by atoms with E-state index in [-0.39, 0.29) is 35.6 Å². The first-order valence-corrected chi connectivity index (χ1v) is 3.59. The van der Waals surface area contributed by atoms with Gasteiger partial charge in [-0.3, -0.25) is 19.2 Å². The third kappa shape index (κ3) is 5.41. The van der Waals surface area contributed by atoms with E-state index in [1.807, 2.05) is 0 Å². The van der Waals surface area contributed by atoms with Crippen LogP contribution in [0, 0.1) is 41.5 Å². The van der Waals surface area contributed by atoms with Gasteiger partial charge in [-0.25, -0.2) is 0 Å². The van der Waals surface area contributed by atoms with Crippen LogP contribution in [0.4, 0.5) is 0 Å². The Hall–Kier alpha value is -0.325. The molecule has 0 aromatic heterocycles. The molecule has 0 N–H and O–H groups in total. The molecule has 14 heavy (non-hydrogen) atoms. The fourth-order valence-corrected chi connectivity index (χ4v) is 0.819. The summed E-state index contributed by atoms with van der Waals surface area (Å²) < 4.78 is 4.12. The first kappa shape index (κ1) is 16.1. The van der Waals surface area contributed by atoms with Crippen molar-refractivity contribution in [3.63, 3.8) is 0 Å². The topological polar surface area (TPSA) is 77.5 Å². The summed E-state index contributed by atoms with van der Waals surface area (Å²) in [4.78, 5) is 42.8. The third-order valence-corrected chi connectivity index (χ3v) is 1.29. The minimum Gasteiger partial charge on any atom is -0.392 e. The molecule has 0 heterocycles. The smallest absolute Gasteiger partial charge is 0.331 e. The van der Waals surface area contributed by atoms with Gasteiger partial charge in [0, 0.05) is 42.5 Å². The van der Waals surface area contributed by atoms with Gasteiger partial charge in [-0.1, -0.05) is 0 Å². The Kier molecular flexibility index (Phi) is 8.09. The number of carbonyl (C=O) groups excluding carboxylic acids is 4. The van der Waals surface area contributed by atoms with E-state index in [2.05, 4.69) is 4.74 Å². The van der Waals surface area contributed by atoms with Crippen molar-refractivity contribution in [2.24, 2.45) is 5.92 Å². The number of rotatable bonds is 3. The summed E-state index contributed by atoms with van der Waals surface area (Å²) in [5, 5.41) is 0. The van der Waals surface area contributed by atoms with Crippen LogP contribution in [0.2, 0.25) is 0 Å². The molecule has 75 valence electrons. The molecule has 0 aromatic rings. The van der Waals surface area contributed by atoms with Crippen molar-refractivity contribution in [2.75, 3.05) is 0 Å². The molecule has 0 spiro atoms. The predicted octanol–water partition coefficient (Wildman–Crippen LogP) is -0.130. The van der Waals surface area contributed by atoms with E-state index in [1.165, 1.54) is 0 Å². The maximum Gasteiger partial charge on any atom is 0.331 e. The maximum absolute atomic E-state index is 11.0. The van der Waals surface area contributed by atoms with Crippen molar-refractivity contribution in [1.29, 1.82) is 0 Å². The number of ketones is 2. The molecule has 0 aliphatic carbocycles. The molecule has 1 radical (unpaired) electrons. The molecule has 5 nitrogen and oxygen atoms in total. The normalized spacial score (nSPS) is 8.86. The van der Waals surface area contributed by atoms with Crippen LogP contribution in [0.3, 0.4) is 0 Å². The van der Waals surface area contributed by atoms with E-state index in [4.69, 9.17) is 0 Å². The van der Waals surface area contributed by atoms with Gasteiger partial charge in [-0.15, -0.1) is 0 Å². The number of hydrogen-bond donors (Lipinski definition) is 0. The number of hydrogen-bond acceptors (Lipinski definition) is 5. The van der Waals surface area contributed by atoms with Crippen molar-refractivity contribution in [3.8, 4) is 0 Å². The second kappa shape index (κ2) is 7.03. The fourth-order valence-electron chi connectivity index (χ4n) is 0.819. The summed E-state index contributed by atoms with van der Waals surface area (Å²) in [7, 11) is 0. The molecule has 0 bridgehead atoms. The molecule has 6 heteroatoms. The van der Waals surface area contributed by atoms with Crippen LogP contribution in [-0.4, -0.2) is 23.5 Å². The van der Waals surface area contributed by atoms with E-state index in [9.17, 15) is 19.2 Å². The molecule has 0 aromatic carbocycles. The van der Waals surface area contributed by atoms with Gasteiger partial charge in [0.1, 0.15) is 0 Å². The second-order valence-electron chi connectivity index (χ2n) is 2.57. The predicted molar refractivity (Wildman–Crippen MR) is 41.6 cm³/mol. The van der Waals surface area contributed by atoms with Gasteiger partial charge in [0.05, 0.1) is 0 Å². The molecule has 0 amide bonds. The molecular weight excluding hydrogens is 315 g/mol. The molecular formula is C8H10LaO5. The molecule has 0 saturated carbocycles. The second-order valence-corrected chi connectivity index (χ2v) is 2.57. The Balaban J connectivity index is 0. The SMILES string of the molecule is CC(=O)OC(=O)C(C(C)=O)C(C)=O.[La]. The summed E-state index contributed by atoms with van der Waals surface area (Å²) in [5.74, 6) is -4.66. The standard InChI is InChI=1S/C8H10O5.La/c1-4(9)7(5(2)10)8(12)13-6(3)11;/h7H,1-3H3;. The summed E-state index contributed by atoms with van der Waals surface area (Å²) in [6.45, 7) is 3.20. The number of esters is 2. The fraction of sp³-hybridized carbons (Fsp3) is 0.500. The van der Waals surface area contributed by atoms with E-state index < -0.39 is 29.4 Å². The minimum atomic E-state index is -1.47. The zero-order valence-electron chi connectivity index (χ0n) is 8.20. The molecule has 0 aliphatic heterocycles. The van der Waals surface area contributed by atoms with E-state index in [0.29, 0.717) is 0 Å². The molecule has 0 unspecified atom stereocenters. The minimum absolute atomic E-state index is 0. The number of Topliss-reactive ketones (excluding diaryl/α,β-unsaturated/α-hetero) is 2. The van der Waals surface area contributed by atoms with Crippen molar-refractivity contribution >= 4 is 23.5 Å². The largest absolute Gasteiger partial charge is 0.392 e.